The summed E-state index contributed by atoms with van der Waals surface area (Å²) in [5.74, 6) is 0.723. The van der Waals surface area contributed by atoms with Crippen molar-refractivity contribution in [2.45, 2.75) is 49.5 Å². The number of unbranched alkanes of at least 4 members (excludes halogenated alkanes) is 1. The Kier molecular flexibility index (Phi) is 4.75. The zero-order valence-corrected chi connectivity index (χ0v) is 14.3. The fourth-order valence-corrected chi connectivity index (χ4v) is 5.77. The van der Waals surface area contributed by atoms with E-state index in [-0.39, 0.29) is 20.9 Å². The van der Waals surface area contributed by atoms with Crippen molar-refractivity contribution in [3.05, 3.63) is 41.6 Å². The summed E-state index contributed by atoms with van der Waals surface area (Å²) < 4.78 is 5.07. The first kappa shape index (κ1) is 14.1. The van der Waals surface area contributed by atoms with Gasteiger partial charge in [-0.1, -0.05) is 0 Å². The first-order valence-electron chi connectivity index (χ1n) is 7.48. The minimum absolute atomic E-state index is 0.133. The average Bonchev–Trinajstić information content (AvgIpc) is 3.25. The van der Waals surface area contributed by atoms with Crippen LogP contribution in [0.5, 0.6) is 0 Å². The third kappa shape index (κ3) is 3.42. The molecule has 3 nitrogen and oxygen atoms in total. The Hall–Kier alpha value is -0.850. The van der Waals surface area contributed by atoms with Crippen LogP contribution >= 0.6 is 0 Å². The molecule has 0 N–H and O–H groups in total. The van der Waals surface area contributed by atoms with Crippen LogP contribution in [-0.4, -0.2) is 35.9 Å². The summed E-state index contributed by atoms with van der Waals surface area (Å²) >= 11 is -0.133. The molecule has 0 unspecified atom stereocenters. The zero-order valence-electron chi connectivity index (χ0n) is 12.0. The van der Waals surface area contributed by atoms with Gasteiger partial charge in [0.1, 0.15) is 0 Å². The predicted octanol–water partition coefficient (Wildman–Crippen LogP) is 2.75. The molecule has 1 aromatic carbocycles. The molecule has 1 aliphatic rings. The molecule has 0 radical (unpaired) electrons. The molecule has 3 rings (SSSR count). The van der Waals surface area contributed by atoms with Gasteiger partial charge < -0.3 is 0 Å². The summed E-state index contributed by atoms with van der Waals surface area (Å²) in [5, 5.41) is 8.95. The summed E-state index contributed by atoms with van der Waals surface area (Å²) in [6.45, 7) is 3.15. The molecule has 0 amide bonds. The first-order valence-corrected chi connectivity index (χ1v) is 10.3. The zero-order chi connectivity index (χ0) is 13.8. The van der Waals surface area contributed by atoms with E-state index < -0.39 is 0 Å². The van der Waals surface area contributed by atoms with Crippen molar-refractivity contribution in [2.75, 3.05) is 0 Å². The Bertz CT molecular complexity index is 546. The van der Waals surface area contributed by atoms with Gasteiger partial charge in [-0.15, -0.1) is 0 Å². The normalized spacial score (nSPS) is 14.7. The number of hydrogen-bond acceptors (Lipinski definition) is 2. The van der Waals surface area contributed by atoms with Crippen LogP contribution in [0.15, 0.2) is 30.3 Å². The van der Waals surface area contributed by atoms with E-state index in [9.17, 15) is 0 Å². The van der Waals surface area contributed by atoms with E-state index in [0.29, 0.717) is 0 Å². The molecular formula is C16H21N3Te. The molecule has 1 fully saturated rings. The molecular weight excluding hydrogens is 362 g/mol. The van der Waals surface area contributed by atoms with Gasteiger partial charge in [0.15, 0.2) is 0 Å². The van der Waals surface area contributed by atoms with Gasteiger partial charge in [0.2, 0.25) is 0 Å². The average molecular weight is 383 g/mol. The summed E-state index contributed by atoms with van der Waals surface area (Å²) in [6, 6.07) is 10.6. The van der Waals surface area contributed by atoms with Crippen molar-refractivity contribution < 1.29 is 0 Å². The molecule has 0 bridgehead atoms. The van der Waals surface area contributed by atoms with Gasteiger partial charge in [-0.3, -0.25) is 0 Å². The number of aromatic nitrogens is 3. The van der Waals surface area contributed by atoms with Gasteiger partial charge >= 0.3 is 131 Å². The maximum atomic E-state index is 4.50. The second kappa shape index (κ2) is 6.74. The SMILES string of the molecule is CCCC[Te]c1c(C2CC2)nnn1Cc1ccccc1. The molecule has 1 aliphatic carbocycles. The molecule has 4 heteroatoms. The van der Waals surface area contributed by atoms with Gasteiger partial charge in [-0.05, 0) is 0 Å². The molecule has 106 valence electrons. The van der Waals surface area contributed by atoms with Gasteiger partial charge in [0.05, 0.1) is 0 Å². The fourth-order valence-electron chi connectivity index (χ4n) is 2.25. The van der Waals surface area contributed by atoms with E-state index in [1.54, 1.807) is 0 Å². The quantitative estimate of drug-likeness (QED) is 0.544. The van der Waals surface area contributed by atoms with Crippen molar-refractivity contribution in [3.8, 4) is 0 Å². The second-order valence-corrected chi connectivity index (χ2v) is 8.49. The molecule has 2 aromatic rings. The van der Waals surface area contributed by atoms with Crippen LogP contribution in [0.4, 0.5) is 0 Å². The first-order chi connectivity index (χ1) is 9.88. The number of nitrogens with zero attached hydrogens (tertiary/aromatic N) is 3. The topological polar surface area (TPSA) is 30.7 Å². The molecule has 1 saturated carbocycles. The summed E-state index contributed by atoms with van der Waals surface area (Å²) in [4.78, 5) is 0. The van der Waals surface area contributed by atoms with Gasteiger partial charge in [-0.25, -0.2) is 0 Å². The molecule has 0 spiro atoms. The molecule has 0 aliphatic heterocycles. The predicted molar refractivity (Wildman–Crippen MR) is 82.6 cm³/mol. The molecule has 20 heavy (non-hydrogen) atoms. The van der Waals surface area contributed by atoms with Crippen LogP contribution in [-0.2, 0) is 6.54 Å². The summed E-state index contributed by atoms with van der Waals surface area (Å²) in [7, 11) is 0. The van der Waals surface area contributed by atoms with Crippen LogP contribution in [0.2, 0.25) is 4.47 Å². The van der Waals surface area contributed by atoms with Crippen LogP contribution in [0.3, 0.4) is 0 Å². The van der Waals surface area contributed by atoms with Crippen molar-refractivity contribution in [3.63, 3.8) is 0 Å². The van der Waals surface area contributed by atoms with Crippen LogP contribution in [0.1, 0.15) is 49.8 Å². The minimum atomic E-state index is -0.133. The third-order valence-corrected chi connectivity index (χ3v) is 6.98. The van der Waals surface area contributed by atoms with Gasteiger partial charge in [0.25, 0.3) is 0 Å². The maximum absolute atomic E-state index is 4.50. The van der Waals surface area contributed by atoms with E-state index in [1.165, 1.54) is 45.2 Å². The molecule has 1 aromatic heterocycles. The standard InChI is InChI=1S/C16H21N3Te/c1-2-3-11-20-16-15(14-9-10-14)17-18-19(16)12-13-7-5-4-6-8-13/h4-8,14H,2-3,9-12H2,1H3. The summed E-state index contributed by atoms with van der Waals surface area (Å²) in [6.07, 6.45) is 5.28. The monoisotopic (exact) mass is 385 g/mol. The van der Waals surface area contributed by atoms with E-state index in [1.807, 2.05) is 0 Å². The Balaban J connectivity index is 1.78. The third-order valence-electron chi connectivity index (χ3n) is 3.59. The van der Waals surface area contributed by atoms with E-state index in [2.05, 4.69) is 52.2 Å². The Morgan fingerprint density at radius 1 is 1.25 bits per heavy atom. The Morgan fingerprint density at radius 3 is 2.75 bits per heavy atom. The number of benzene rings is 1. The number of hydrogen-bond donors (Lipinski definition) is 0. The van der Waals surface area contributed by atoms with E-state index >= 15 is 0 Å². The molecule has 1 heterocycles. The van der Waals surface area contributed by atoms with Crippen LogP contribution in [0, 0.1) is 0 Å². The van der Waals surface area contributed by atoms with Crippen LogP contribution < -0.4 is 3.74 Å². The summed E-state index contributed by atoms with van der Waals surface area (Å²) in [5.41, 5.74) is 2.66. The Morgan fingerprint density at radius 2 is 2.05 bits per heavy atom. The van der Waals surface area contributed by atoms with E-state index in [4.69, 9.17) is 0 Å². The fraction of sp³-hybridized carbons (Fsp3) is 0.500. The molecule has 0 atom stereocenters. The Labute approximate surface area is 130 Å². The van der Waals surface area contributed by atoms with Crippen LogP contribution in [0.25, 0.3) is 0 Å². The van der Waals surface area contributed by atoms with Crippen molar-refractivity contribution >= 4 is 24.7 Å². The van der Waals surface area contributed by atoms with Crippen molar-refractivity contribution in [2.24, 2.45) is 0 Å². The second-order valence-electron chi connectivity index (χ2n) is 5.40. The molecule has 0 saturated heterocycles. The van der Waals surface area contributed by atoms with Crippen molar-refractivity contribution in [1.29, 1.82) is 0 Å². The number of rotatable bonds is 7. The van der Waals surface area contributed by atoms with Gasteiger partial charge in [-0.2, -0.15) is 0 Å². The van der Waals surface area contributed by atoms with Crippen molar-refractivity contribution in [1.82, 2.24) is 15.0 Å². The van der Waals surface area contributed by atoms with Gasteiger partial charge in [0, 0.05) is 0 Å². The van der Waals surface area contributed by atoms with E-state index in [0.717, 1.165) is 12.5 Å².